The Labute approximate surface area is 154 Å². The van der Waals surface area contributed by atoms with Gasteiger partial charge in [0.05, 0.1) is 17.9 Å². The molecule has 0 aliphatic carbocycles. The predicted octanol–water partition coefficient (Wildman–Crippen LogP) is 4.20. The van der Waals surface area contributed by atoms with Crippen LogP contribution in [0.15, 0.2) is 88.7 Å². The van der Waals surface area contributed by atoms with Crippen molar-refractivity contribution < 1.29 is 23.5 Å². The van der Waals surface area contributed by atoms with E-state index in [0.29, 0.717) is 5.56 Å². The molecule has 6 heteroatoms. The van der Waals surface area contributed by atoms with Crippen molar-refractivity contribution in [3.05, 3.63) is 101 Å². The summed E-state index contributed by atoms with van der Waals surface area (Å²) in [4.78, 5) is 26.9. The van der Waals surface area contributed by atoms with Gasteiger partial charge in [0.15, 0.2) is 11.5 Å². The SMILES string of the molecule is O=C(C1=C(O)C(=O)N(c2cccc(F)c2)C1c1ccccc1)c1ccco1. The van der Waals surface area contributed by atoms with E-state index >= 15 is 0 Å². The summed E-state index contributed by atoms with van der Waals surface area (Å²) in [5.41, 5.74) is 0.738. The van der Waals surface area contributed by atoms with Crippen LogP contribution in [0, 0.1) is 5.82 Å². The van der Waals surface area contributed by atoms with Gasteiger partial charge in [0.2, 0.25) is 5.78 Å². The van der Waals surface area contributed by atoms with E-state index in [-0.39, 0.29) is 17.0 Å². The highest BCUT2D eigenvalue weighted by Crippen LogP contribution is 2.41. The molecule has 1 N–H and O–H groups in total. The fourth-order valence-corrected chi connectivity index (χ4v) is 3.22. The van der Waals surface area contributed by atoms with E-state index in [9.17, 15) is 19.1 Å². The Morgan fingerprint density at radius 1 is 1.04 bits per heavy atom. The Balaban J connectivity index is 1.89. The van der Waals surface area contributed by atoms with Gasteiger partial charge >= 0.3 is 0 Å². The number of furan rings is 1. The molecule has 1 aromatic heterocycles. The molecule has 0 saturated heterocycles. The molecule has 2 heterocycles. The zero-order valence-electron chi connectivity index (χ0n) is 14.0. The Hall–Kier alpha value is -3.67. The third kappa shape index (κ3) is 2.81. The minimum Gasteiger partial charge on any atom is -0.503 e. The Kier molecular flexibility index (Phi) is 4.08. The number of amides is 1. The number of hydrogen-bond acceptors (Lipinski definition) is 4. The lowest BCUT2D eigenvalue weighted by Crippen LogP contribution is -2.31. The number of ketones is 1. The van der Waals surface area contributed by atoms with Gasteiger partial charge < -0.3 is 9.52 Å². The summed E-state index contributed by atoms with van der Waals surface area (Å²) in [6.45, 7) is 0. The van der Waals surface area contributed by atoms with Crippen molar-refractivity contribution >= 4 is 17.4 Å². The predicted molar refractivity (Wildman–Crippen MR) is 95.8 cm³/mol. The molecule has 0 bridgehead atoms. The molecule has 3 aromatic rings. The number of benzene rings is 2. The largest absolute Gasteiger partial charge is 0.503 e. The van der Waals surface area contributed by atoms with Crippen molar-refractivity contribution in [1.82, 2.24) is 0 Å². The van der Waals surface area contributed by atoms with E-state index in [0.717, 1.165) is 0 Å². The molecule has 0 saturated carbocycles. The van der Waals surface area contributed by atoms with E-state index in [1.54, 1.807) is 42.5 Å². The molecule has 1 aliphatic heterocycles. The van der Waals surface area contributed by atoms with E-state index < -0.39 is 29.3 Å². The number of carbonyl (C=O) groups is 2. The summed E-state index contributed by atoms with van der Waals surface area (Å²) in [5, 5.41) is 10.5. The first-order valence-corrected chi connectivity index (χ1v) is 8.23. The maximum atomic E-state index is 13.8. The number of anilines is 1. The quantitative estimate of drug-likeness (QED) is 0.705. The van der Waals surface area contributed by atoms with E-state index in [4.69, 9.17) is 4.42 Å². The summed E-state index contributed by atoms with van der Waals surface area (Å²) in [6.07, 6.45) is 1.34. The normalized spacial score (nSPS) is 16.9. The van der Waals surface area contributed by atoms with E-state index in [1.807, 2.05) is 0 Å². The Morgan fingerprint density at radius 2 is 1.81 bits per heavy atom. The number of aliphatic hydroxyl groups is 1. The van der Waals surface area contributed by atoms with Crippen LogP contribution in [0.2, 0.25) is 0 Å². The Bertz CT molecular complexity index is 1040. The molecule has 27 heavy (non-hydrogen) atoms. The molecule has 4 rings (SSSR count). The maximum absolute atomic E-state index is 13.8. The monoisotopic (exact) mass is 363 g/mol. The van der Waals surface area contributed by atoms with Gasteiger partial charge in [0.25, 0.3) is 5.91 Å². The molecule has 0 spiro atoms. The van der Waals surface area contributed by atoms with Gasteiger partial charge in [-0.15, -0.1) is 0 Å². The third-order valence-corrected chi connectivity index (χ3v) is 4.40. The van der Waals surface area contributed by atoms with E-state index in [2.05, 4.69) is 0 Å². The first-order valence-electron chi connectivity index (χ1n) is 8.23. The first kappa shape index (κ1) is 16.8. The molecular formula is C21H14FNO4. The van der Waals surface area contributed by atoms with Crippen LogP contribution in [-0.4, -0.2) is 16.8 Å². The fraction of sp³-hybridized carbons (Fsp3) is 0.0476. The smallest absolute Gasteiger partial charge is 0.294 e. The lowest BCUT2D eigenvalue weighted by atomic mass is 9.95. The minimum atomic E-state index is -0.905. The minimum absolute atomic E-state index is 0.00590. The van der Waals surface area contributed by atoms with Crippen molar-refractivity contribution in [2.24, 2.45) is 0 Å². The zero-order chi connectivity index (χ0) is 19.0. The second-order valence-electron chi connectivity index (χ2n) is 6.04. The van der Waals surface area contributed by atoms with Crippen LogP contribution in [0.1, 0.15) is 22.2 Å². The number of halogens is 1. The number of nitrogens with zero attached hydrogens (tertiary/aromatic N) is 1. The number of hydrogen-bond donors (Lipinski definition) is 1. The molecule has 1 atom stereocenters. The summed E-state index contributed by atoms with van der Waals surface area (Å²) in [5.74, 6) is -2.57. The van der Waals surface area contributed by atoms with Crippen LogP contribution in [0.4, 0.5) is 10.1 Å². The van der Waals surface area contributed by atoms with Gasteiger partial charge in [-0.3, -0.25) is 14.5 Å². The average molecular weight is 363 g/mol. The summed E-state index contributed by atoms with van der Waals surface area (Å²) < 4.78 is 18.9. The van der Waals surface area contributed by atoms with Crippen LogP contribution in [0.5, 0.6) is 0 Å². The highest BCUT2D eigenvalue weighted by Gasteiger charge is 2.45. The number of rotatable bonds is 4. The number of Topliss-reactive ketones (excluding diaryl/α,β-unsaturated/α-hetero) is 1. The van der Waals surface area contributed by atoms with Crippen molar-refractivity contribution in [3.63, 3.8) is 0 Å². The van der Waals surface area contributed by atoms with Gasteiger partial charge in [-0.1, -0.05) is 36.4 Å². The van der Waals surface area contributed by atoms with Crippen molar-refractivity contribution in [2.75, 3.05) is 4.90 Å². The second-order valence-corrected chi connectivity index (χ2v) is 6.04. The van der Waals surface area contributed by atoms with E-state index in [1.165, 1.54) is 35.4 Å². The van der Waals surface area contributed by atoms with Crippen LogP contribution in [0.3, 0.4) is 0 Å². The van der Waals surface area contributed by atoms with Crippen molar-refractivity contribution in [1.29, 1.82) is 0 Å². The van der Waals surface area contributed by atoms with Crippen LogP contribution >= 0.6 is 0 Å². The van der Waals surface area contributed by atoms with Crippen molar-refractivity contribution in [2.45, 2.75) is 6.04 Å². The molecule has 1 unspecified atom stereocenters. The van der Waals surface area contributed by atoms with Gasteiger partial charge in [0.1, 0.15) is 5.82 Å². The van der Waals surface area contributed by atoms with Crippen LogP contribution in [0.25, 0.3) is 0 Å². The van der Waals surface area contributed by atoms with Crippen molar-refractivity contribution in [3.8, 4) is 0 Å². The van der Waals surface area contributed by atoms with Crippen LogP contribution in [-0.2, 0) is 4.79 Å². The number of carbonyl (C=O) groups excluding carboxylic acids is 2. The van der Waals surface area contributed by atoms with Gasteiger partial charge in [0, 0.05) is 5.69 Å². The standard InChI is InChI=1S/C21H14FNO4/c22-14-8-4-9-15(12-14)23-18(13-6-2-1-3-7-13)17(20(25)21(23)26)19(24)16-10-5-11-27-16/h1-12,18,25H. The second kappa shape index (κ2) is 6.57. The summed E-state index contributed by atoms with van der Waals surface area (Å²) in [6, 6.07) is 16.3. The maximum Gasteiger partial charge on any atom is 0.294 e. The highest BCUT2D eigenvalue weighted by atomic mass is 19.1. The lowest BCUT2D eigenvalue weighted by molar-refractivity contribution is -0.117. The highest BCUT2D eigenvalue weighted by molar-refractivity contribution is 6.20. The molecular weight excluding hydrogens is 349 g/mol. The van der Waals surface area contributed by atoms with Gasteiger partial charge in [-0.05, 0) is 35.9 Å². The summed E-state index contributed by atoms with van der Waals surface area (Å²) in [7, 11) is 0. The molecule has 0 fully saturated rings. The summed E-state index contributed by atoms with van der Waals surface area (Å²) >= 11 is 0. The third-order valence-electron chi connectivity index (χ3n) is 4.40. The van der Waals surface area contributed by atoms with Gasteiger partial charge in [-0.2, -0.15) is 0 Å². The topological polar surface area (TPSA) is 70.8 Å². The van der Waals surface area contributed by atoms with Gasteiger partial charge in [-0.25, -0.2) is 4.39 Å². The Morgan fingerprint density at radius 3 is 2.48 bits per heavy atom. The first-order chi connectivity index (χ1) is 13.1. The average Bonchev–Trinajstić information content (AvgIpc) is 3.30. The lowest BCUT2D eigenvalue weighted by Gasteiger charge is -2.26. The van der Waals surface area contributed by atoms with Crippen LogP contribution < -0.4 is 4.90 Å². The molecule has 5 nitrogen and oxygen atoms in total. The molecule has 1 amide bonds. The molecule has 1 aliphatic rings. The fourth-order valence-electron chi connectivity index (χ4n) is 3.22. The molecule has 134 valence electrons. The molecule has 2 aromatic carbocycles. The number of aliphatic hydroxyl groups excluding tert-OH is 1. The molecule has 0 radical (unpaired) electrons. The zero-order valence-corrected chi connectivity index (χ0v) is 14.0.